The SMILES string of the molecule is CCC(CC)(CN)NC(=O)c1ccc(S(=O)(=O)Nc2ccccc2)cc1. The first-order valence-electron chi connectivity index (χ1n) is 8.56. The first kappa shape index (κ1) is 19.9. The molecule has 0 aliphatic heterocycles. The van der Waals surface area contributed by atoms with Crippen LogP contribution in [0.1, 0.15) is 37.0 Å². The third-order valence-electron chi connectivity index (χ3n) is 4.58. The van der Waals surface area contributed by atoms with Crippen molar-refractivity contribution in [2.24, 2.45) is 5.73 Å². The van der Waals surface area contributed by atoms with E-state index in [2.05, 4.69) is 10.0 Å². The Kier molecular flexibility index (Phi) is 6.39. The van der Waals surface area contributed by atoms with Crippen LogP contribution in [-0.2, 0) is 10.0 Å². The predicted molar refractivity (Wildman–Crippen MR) is 104 cm³/mol. The van der Waals surface area contributed by atoms with Crippen molar-refractivity contribution in [2.45, 2.75) is 37.1 Å². The first-order valence-corrected chi connectivity index (χ1v) is 10.0. The molecule has 0 heterocycles. The van der Waals surface area contributed by atoms with Crippen LogP contribution >= 0.6 is 0 Å². The number of sulfonamides is 1. The van der Waals surface area contributed by atoms with Crippen LogP contribution in [0.2, 0.25) is 0 Å². The van der Waals surface area contributed by atoms with Gasteiger partial charge in [-0.3, -0.25) is 9.52 Å². The maximum atomic E-state index is 12.5. The van der Waals surface area contributed by atoms with Gasteiger partial charge in [-0.2, -0.15) is 0 Å². The number of hydrogen-bond acceptors (Lipinski definition) is 4. The van der Waals surface area contributed by atoms with Crippen molar-refractivity contribution < 1.29 is 13.2 Å². The second-order valence-corrected chi connectivity index (χ2v) is 7.82. The van der Waals surface area contributed by atoms with Gasteiger partial charge in [0.25, 0.3) is 15.9 Å². The van der Waals surface area contributed by atoms with E-state index in [4.69, 9.17) is 5.73 Å². The van der Waals surface area contributed by atoms with Gasteiger partial charge in [0.05, 0.1) is 10.4 Å². The smallest absolute Gasteiger partial charge is 0.261 e. The quantitative estimate of drug-likeness (QED) is 0.660. The molecule has 6 nitrogen and oxygen atoms in total. The Balaban J connectivity index is 2.16. The molecule has 26 heavy (non-hydrogen) atoms. The zero-order valence-corrected chi connectivity index (χ0v) is 15.8. The number of amides is 1. The van der Waals surface area contributed by atoms with Gasteiger partial charge >= 0.3 is 0 Å². The van der Waals surface area contributed by atoms with E-state index in [9.17, 15) is 13.2 Å². The minimum Gasteiger partial charge on any atom is -0.345 e. The van der Waals surface area contributed by atoms with Gasteiger partial charge in [0.2, 0.25) is 0 Å². The van der Waals surface area contributed by atoms with E-state index in [-0.39, 0.29) is 10.8 Å². The summed E-state index contributed by atoms with van der Waals surface area (Å²) in [6.45, 7) is 4.29. The fourth-order valence-electron chi connectivity index (χ4n) is 2.59. The number of nitrogens with one attached hydrogen (secondary N) is 2. The number of carbonyl (C=O) groups excluding carboxylic acids is 1. The van der Waals surface area contributed by atoms with Crippen LogP contribution in [0.15, 0.2) is 59.5 Å². The lowest BCUT2D eigenvalue weighted by atomic mass is 9.92. The van der Waals surface area contributed by atoms with Gasteiger partial charge < -0.3 is 11.1 Å². The van der Waals surface area contributed by atoms with E-state index in [1.54, 1.807) is 30.3 Å². The molecule has 0 saturated carbocycles. The predicted octanol–water partition coefficient (Wildman–Crippen LogP) is 2.73. The number of nitrogens with two attached hydrogens (primary N) is 1. The summed E-state index contributed by atoms with van der Waals surface area (Å²) < 4.78 is 27.3. The molecule has 4 N–H and O–H groups in total. The van der Waals surface area contributed by atoms with Crippen molar-refractivity contribution in [1.29, 1.82) is 0 Å². The molecule has 0 saturated heterocycles. The minimum absolute atomic E-state index is 0.0916. The summed E-state index contributed by atoms with van der Waals surface area (Å²) in [6.07, 6.45) is 1.44. The van der Waals surface area contributed by atoms with E-state index in [0.29, 0.717) is 17.8 Å². The molecule has 0 atom stereocenters. The van der Waals surface area contributed by atoms with Crippen LogP contribution in [0.5, 0.6) is 0 Å². The number of carbonyl (C=O) groups is 1. The highest BCUT2D eigenvalue weighted by Crippen LogP contribution is 2.18. The van der Waals surface area contributed by atoms with Crippen LogP contribution in [0.25, 0.3) is 0 Å². The first-order chi connectivity index (χ1) is 12.4. The highest BCUT2D eigenvalue weighted by molar-refractivity contribution is 7.92. The van der Waals surface area contributed by atoms with E-state index < -0.39 is 15.6 Å². The highest BCUT2D eigenvalue weighted by Gasteiger charge is 2.27. The van der Waals surface area contributed by atoms with E-state index in [0.717, 1.165) is 12.8 Å². The summed E-state index contributed by atoms with van der Waals surface area (Å²) in [4.78, 5) is 12.5. The Hall–Kier alpha value is -2.38. The Labute approximate surface area is 154 Å². The largest absolute Gasteiger partial charge is 0.345 e. The van der Waals surface area contributed by atoms with Crippen molar-refractivity contribution in [3.05, 3.63) is 60.2 Å². The standard InChI is InChI=1S/C19H25N3O3S/c1-3-19(4-2,14-20)21-18(23)15-10-12-17(13-11-15)26(24,25)22-16-8-6-5-7-9-16/h5-13,22H,3-4,14,20H2,1-2H3,(H,21,23). The molecule has 0 aliphatic rings. The maximum Gasteiger partial charge on any atom is 0.261 e. The normalized spacial score (nSPS) is 11.8. The molecule has 0 fully saturated rings. The molecule has 7 heteroatoms. The lowest BCUT2D eigenvalue weighted by molar-refractivity contribution is 0.0895. The fraction of sp³-hybridized carbons (Fsp3) is 0.316. The highest BCUT2D eigenvalue weighted by atomic mass is 32.2. The van der Waals surface area contributed by atoms with E-state index in [1.807, 2.05) is 13.8 Å². The molecule has 0 radical (unpaired) electrons. The van der Waals surface area contributed by atoms with Gasteiger partial charge in [0, 0.05) is 17.8 Å². The molecular formula is C19H25N3O3S. The number of anilines is 1. The van der Waals surface area contributed by atoms with E-state index in [1.165, 1.54) is 24.3 Å². The van der Waals surface area contributed by atoms with Gasteiger partial charge in [-0.05, 0) is 49.2 Å². The van der Waals surface area contributed by atoms with Crippen molar-refractivity contribution in [1.82, 2.24) is 5.32 Å². The molecule has 0 unspecified atom stereocenters. The molecule has 2 aromatic rings. The molecule has 1 amide bonds. The van der Waals surface area contributed by atoms with Crippen molar-refractivity contribution >= 4 is 21.6 Å². The minimum atomic E-state index is -3.71. The lowest BCUT2D eigenvalue weighted by Crippen LogP contribution is -2.52. The molecule has 2 rings (SSSR count). The van der Waals surface area contributed by atoms with Crippen molar-refractivity contribution in [3.8, 4) is 0 Å². The van der Waals surface area contributed by atoms with Crippen molar-refractivity contribution in [3.63, 3.8) is 0 Å². The van der Waals surface area contributed by atoms with Gasteiger partial charge in [-0.25, -0.2) is 8.42 Å². The number of benzene rings is 2. The molecule has 0 spiro atoms. The Bertz CT molecular complexity index is 822. The number of para-hydroxylation sites is 1. The monoisotopic (exact) mass is 375 g/mol. The Morgan fingerprint density at radius 1 is 1.00 bits per heavy atom. The summed E-state index contributed by atoms with van der Waals surface area (Å²) in [7, 11) is -3.71. The zero-order valence-electron chi connectivity index (χ0n) is 15.0. The topological polar surface area (TPSA) is 101 Å². The van der Waals surface area contributed by atoms with Crippen molar-refractivity contribution in [2.75, 3.05) is 11.3 Å². The van der Waals surface area contributed by atoms with Gasteiger partial charge in [-0.1, -0.05) is 32.0 Å². The molecule has 140 valence electrons. The molecule has 0 aromatic heterocycles. The Morgan fingerprint density at radius 2 is 1.58 bits per heavy atom. The van der Waals surface area contributed by atoms with Crippen LogP contribution in [-0.4, -0.2) is 26.4 Å². The van der Waals surface area contributed by atoms with Crippen LogP contribution in [0.4, 0.5) is 5.69 Å². The molecule has 0 aliphatic carbocycles. The second-order valence-electron chi connectivity index (χ2n) is 6.14. The molecule has 0 bridgehead atoms. The fourth-order valence-corrected chi connectivity index (χ4v) is 3.64. The third kappa shape index (κ3) is 4.62. The average molecular weight is 375 g/mol. The lowest BCUT2D eigenvalue weighted by Gasteiger charge is -2.31. The summed E-state index contributed by atoms with van der Waals surface area (Å²) in [6, 6.07) is 14.5. The second kappa shape index (κ2) is 8.33. The summed E-state index contributed by atoms with van der Waals surface area (Å²) in [5.74, 6) is -0.265. The summed E-state index contributed by atoms with van der Waals surface area (Å²) >= 11 is 0. The Morgan fingerprint density at radius 3 is 2.08 bits per heavy atom. The van der Waals surface area contributed by atoms with Gasteiger partial charge in [0.15, 0.2) is 0 Å². The number of rotatable bonds is 8. The maximum absolute atomic E-state index is 12.5. The van der Waals surface area contributed by atoms with E-state index >= 15 is 0 Å². The van der Waals surface area contributed by atoms with Crippen LogP contribution in [0, 0.1) is 0 Å². The summed E-state index contributed by atoms with van der Waals surface area (Å²) in [5.41, 5.74) is 6.23. The third-order valence-corrected chi connectivity index (χ3v) is 5.97. The van der Waals surface area contributed by atoms with Gasteiger partial charge in [0.1, 0.15) is 0 Å². The summed E-state index contributed by atoms with van der Waals surface area (Å²) in [5, 5.41) is 2.96. The van der Waals surface area contributed by atoms with Crippen LogP contribution < -0.4 is 15.8 Å². The van der Waals surface area contributed by atoms with Gasteiger partial charge in [-0.15, -0.1) is 0 Å². The average Bonchev–Trinajstić information content (AvgIpc) is 2.66. The number of hydrogen-bond donors (Lipinski definition) is 3. The molecule has 2 aromatic carbocycles. The molecular weight excluding hydrogens is 350 g/mol. The zero-order chi connectivity index (χ0) is 19.2. The van der Waals surface area contributed by atoms with Crippen LogP contribution in [0.3, 0.4) is 0 Å².